The summed E-state index contributed by atoms with van der Waals surface area (Å²) in [5, 5.41) is 12.6. The number of carbonyl (C=O) groups is 2. The number of aryl methyl sites for hydroxylation is 1. The van der Waals surface area contributed by atoms with Gasteiger partial charge in [-0.1, -0.05) is 5.16 Å². The van der Waals surface area contributed by atoms with Gasteiger partial charge in [0.1, 0.15) is 0 Å². The Labute approximate surface area is 103 Å². The Morgan fingerprint density at radius 1 is 1.50 bits per heavy atom. The van der Waals surface area contributed by atoms with Crippen LogP contribution in [-0.4, -0.2) is 52.3 Å². The summed E-state index contributed by atoms with van der Waals surface area (Å²) in [5.74, 6) is -1.32. The molecule has 7 nitrogen and oxygen atoms in total. The van der Waals surface area contributed by atoms with Crippen molar-refractivity contribution in [2.75, 3.05) is 13.1 Å². The van der Waals surface area contributed by atoms with E-state index >= 15 is 0 Å². The first-order chi connectivity index (χ1) is 8.47. The van der Waals surface area contributed by atoms with Gasteiger partial charge in [0.25, 0.3) is 5.91 Å². The Kier molecular flexibility index (Phi) is 3.33. The van der Waals surface area contributed by atoms with Crippen LogP contribution in [0.1, 0.15) is 23.2 Å². The molecule has 0 saturated carbocycles. The van der Waals surface area contributed by atoms with Crippen molar-refractivity contribution in [2.24, 2.45) is 0 Å². The highest BCUT2D eigenvalue weighted by Crippen LogP contribution is 2.15. The molecule has 1 N–H and O–H groups in total. The number of hydrogen-bond acceptors (Lipinski definition) is 5. The SMILES string of the molecule is Cc1cc(C(=O)N2CC(C(=O)O)O[C@H](C)C2)on1. The summed E-state index contributed by atoms with van der Waals surface area (Å²) >= 11 is 0. The Balaban J connectivity index is 2.12. The monoisotopic (exact) mass is 254 g/mol. The molecule has 98 valence electrons. The van der Waals surface area contributed by atoms with Gasteiger partial charge in [0.15, 0.2) is 6.10 Å². The second-order valence-corrected chi connectivity index (χ2v) is 4.32. The lowest BCUT2D eigenvalue weighted by atomic mass is 10.2. The third-order valence-corrected chi connectivity index (χ3v) is 2.66. The first-order valence-corrected chi connectivity index (χ1v) is 5.58. The number of hydrogen-bond donors (Lipinski definition) is 1. The van der Waals surface area contributed by atoms with Crippen LogP contribution in [0.3, 0.4) is 0 Å². The number of nitrogens with zero attached hydrogens (tertiary/aromatic N) is 2. The van der Waals surface area contributed by atoms with Crippen LogP contribution in [-0.2, 0) is 9.53 Å². The Bertz CT molecular complexity index is 470. The molecule has 7 heteroatoms. The van der Waals surface area contributed by atoms with Crippen molar-refractivity contribution in [1.29, 1.82) is 0 Å². The fraction of sp³-hybridized carbons (Fsp3) is 0.545. The van der Waals surface area contributed by atoms with E-state index in [2.05, 4.69) is 5.16 Å². The molecule has 1 aromatic heterocycles. The van der Waals surface area contributed by atoms with Gasteiger partial charge in [-0.15, -0.1) is 0 Å². The maximum Gasteiger partial charge on any atom is 0.334 e. The maximum atomic E-state index is 12.1. The zero-order chi connectivity index (χ0) is 13.3. The number of amides is 1. The lowest BCUT2D eigenvalue weighted by Crippen LogP contribution is -2.51. The molecule has 0 bridgehead atoms. The minimum Gasteiger partial charge on any atom is -0.479 e. The van der Waals surface area contributed by atoms with Crippen LogP contribution in [0, 0.1) is 6.92 Å². The summed E-state index contributed by atoms with van der Waals surface area (Å²) in [5.41, 5.74) is 0.606. The molecule has 2 atom stereocenters. The molecule has 0 radical (unpaired) electrons. The van der Waals surface area contributed by atoms with Gasteiger partial charge in [-0.2, -0.15) is 0 Å². The zero-order valence-corrected chi connectivity index (χ0v) is 10.1. The predicted octanol–water partition coefficient (Wildman–Crippen LogP) is 0.297. The quantitative estimate of drug-likeness (QED) is 0.815. The van der Waals surface area contributed by atoms with Crippen molar-refractivity contribution >= 4 is 11.9 Å². The molecule has 2 rings (SSSR count). The van der Waals surface area contributed by atoms with E-state index in [0.29, 0.717) is 12.2 Å². The molecule has 1 aliphatic heterocycles. The van der Waals surface area contributed by atoms with Gasteiger partial charge in [-0.05, 0) is 13.8 Å². The standard InChI is InChI=1S/C11H14N2O5/c1-6-3-8(18-12-6)10(14)13-4-7(2)17-9(5-13)11(15)16/h3,7,9H,4-5H2,1-2H3,(H,15,16)/t7-,9?/m1/s1. The van der Waals surface area contributed by atoms with Gasteiger partial charge in [-0.25, -0.2) is 4.79 Å². The fourth-order valence-electron chi connectivity index (χ4n) is 1.87. The highest BCUT2D eigenvalue weighted by Gasteiger charge is 2.34. The Morgan fingerprint density at radius 2 is 2.22 bits per heavy atom. The fourth-order valence-corrected chi connectivity index (χ4v) is 1.87. The van der Waals surface area contributed by atoms with Gasteiger partial charge in [0.05, 0.1) is 18.3 Å². The van der Waals surface area contributed by atoms with Crippen molar-refractivity contribution in [2.45, 2.75) is 26.1 Å². The third kappa shape index (κ3) is 2.51. The van der Waals surface area contributed by atoms with Crippen LogP contribution in [0.2, 0.25) is 0 Å². The van der Waals surface area contributed by atoms with E-state index in [1.165, 1.54) is 11.0 Å². The molecule has 1 unspecified atom stereocenters. The topological polar surface area (TPSA) is 92.9 Å². The van der Waals surface area contributed by atoms with E-state index in [-0.39, 0.29) is 24.3 Å². The lowest BCUT2D eigenvalue weighted by Gasteiger charge is -2.34. The van der Waals surface area contributed by atoms with Crippen LogP contribution < -0.4 is 0 Å². The molecule has 1 aromatic rings. The minimum absolute atomic E-state index is 0.0122. The molecule has 1 fully saturated rings. The lowest BCUT2D eigenvalue weighted by molar-refractivity contribution is -0.160. The number of ether oxygens (including phenoxy) is 1. The summed E-state index contributed by atoms with van der Waals surface area (Å²) in [7, 11) is 0. The van der Waals surface area contributed by atoms with E-state index in [4.69, 9.17) is 14.4 Å². The van der Waals surface area contributed by atoms with E-state index in [1.54, 1.807) is 13.8 Å². The van der Waals surface area contributed by atoms with Crippen molar-refractivity contribution in [3.8, 4) is 0 Å². The number of carboxylic acid groups (broad SMARTS) is 1. The van der Waals surface area contributed by atoms with Crippen molar-refractivity contribution in [3.63, 3.8) is 0 Å². The van der Waals surface area contributed by atoms with Gasteiger partial charge in [0.2, 0.25) is 5.76 Å². The van der Waals surface area contributed by atoms with Crippen LogP contribution in [0.5, 0.6) is 0 Å². The molecule has 1 amide bonds. The summed E-state index contributed by atoms with van der Waals surface area (Å²) in [6.07, 6.45) is -1.32. The summed E-state index contributed by atoms with van der Waals surface area (Å²) in [6, 6.07) is 1.53. The number of aliphatic carboxylic acids is 1. The number of carboxylic acids is 1. The number of morpholine rings is 1. The van der Waals surface area contributed by atoms with Gasteiger partial charge in [0, 0.05) is 12.6 Å². The highest BCUT2D eigenvalue weighted by atomic mass is 16.5. The predicted molar refractivity (Wildman–Crippen MR) is 59.1 cm³/mol. The summed E-state index contributed by atoms with van der Waals surface area (Å²) in [4.78, 5) is 24.4. The van der Waals surface area contributed by atoms with Crippen molar-refractivity contribution in [3.05, 3.63) is 17.5 Å². The summed E-state index contributed by atoms with van der Waals surface area (Å²) in [6.45, 7) is 3.78. The van der Waals surface area contributed by atoms with Crippen molar-refractivity contribution in [1.82, 2.24) is 10.1 Å². The smallest absolute Gasteiger partial charge is 0.334 e. The second-order valence-electron chi connectivity index (χ2n) is 4.32. The highest BCUT2D eigenvalue weighted by molar-refractivity contribution is 5.92. The largest absolute Gasteiger partial charge is 0.479 e. The molecule has 2 heterocycles. The number of carbonyl (C=O) groups excluding carboxylic acids is 1. The second kappa shape index (κ2) is 4.77. The molecule has 1 saturated heterocycles. The molecular weight excluding hydrogens is 240 g/mol. The van der Waals surface area contributed by atoms with Crippen LogP contribution in [0.25, 0.3) is 0 Å². The van der Waals surface area contributed by atoms with Crippen LogP contribution >= 0.6 is 0 Å². The summed E-state index contributed by atoms with van der Waals surface area (Å²) < 4.78 is 10.1. The Morgan fingerprint density at radius 3 is 2.78 bits per heavy atom. The average Bonchev–Trinajstić information content (AvgIpc) is 2.74. The average molecular weight is 254 g/mol. The van der Waals surface area contributed by atoms with E-state index < -0.39 is 12.1 Å². The van der Waals surface area contributed by atoms with Crippen LogP contribution in [0.15, 0.2) is 10.6 Å². The molecular formula is C11H14N2O5. The number of aromatic nitrogens is 1. The first-order valence-electron chi connectivity index (χ1n) is 5.58. The molecule has 0 aliphatic carbocycles. The molecule has 0 spiro atoms. The normalized spacial score (nSPS) is 24.0. The first kappa shape index (κ1) is 12.6. The van der Waals surface area contributed by atoms with Gasteiger partial charge in [-0.3, -0.25) is 4.79 Å². The van der Waals surface area contributed by atoms with E-state index in [1.807, 2.05) is 0 Å². The minimum atomic E-state index is -1.08. The van der Waals surface area contributed by atoms with E-state index in [0.717, 1.165) is 0 Å². The Hall–Kier alpha value is -1.89. The van der Waals surface area contributed by atoms with Gasteiger partial charge < -0.3 is 19.3 Å². The molecule has 1 aliphatic rings. The van der Waals surface area contributed by atoms with Gasteiger partial charge >= 0.3 is 5.97 Å². The zero-order valence-electron chi connectivity index (χ0n) is 10.1. The van der Waals surface area contributed by atoms with Crippen LogP contribution in [0.4, 0.5) is 0 Å². The van der Waals surface area contributed by atoms with Crippen molar-refractivity contribution < 1.29 is 24.0 Å². The molecule has 0 aromatic carbocycles. The maximum absolute atomic E-state index is 12.1. The van der Waals surface area contributed by atoms with E-state index in [9.17, 15) is 9.59 Å². The molecule has 18 heavy (non-hydrogen) atoms. The number of rotatable bonds is 2. The third-order valence-electron chi connectivity index (χ3n) is 2.66.